The van der Waals surface area contributed by atoms with E-state index < -0.39 is 11.8 Å². The van der Waals surface area contributed by atoms with Gasteiger partial charge in [0.2, 0.25) is 5.89 Å². The fraction of sp³-hybridized carbons (Fsp3) is 0.357. The van der Waals surface area contributed by atoms with Gasteiger partial charge in [0.1, 0.15) is 5.82 Å². The molecular weight excluding hydrogens is 277 g/mol. The first-order valence-corrected chi connectivity index (χ1v) is 6.47. The minimum atomic E-state index is -0.682. The Hall–Kier alpha value is -2.28. The van der Waals surface area contributed by atoms with Gasteiger partial charge < -0.3 is 14.6 Å². The van der Waals surface area contributed by atoms with Crippen LogP contribution in [0, 0.1) is 12.7 Å². The van der Waals surface area contributed by atoms with Crippen molar-refractivity contribution >= 4 is 5.97 Å². The van der Waals surface area contributed by atoms with Gasteiger partial charge in [0.05, 0.1) is 12.7 Å². The molecule has 0 amide bonds. The molecule has 1 aromatic heterocycles. The second-order valence-electron chi connectivity index (χ2n) is 4.47. The average Bonchev–Trinajstić information content (AvgIpc) is 2.88. The van der Waals surface area contributed by atoms with Crippen molar-refractivity contribution in [2.75, 3.05) is 13.7 Å². The molecule has 0 aliphatic heterocycles. The molecule has 0 spiro atoms. The Morgan fingerprint density at radius 1 is 1.48 bits per heavy atom. The van der Waals surface area contributed by atoms with Gasteiger partial charge in [0.25, 0.3) is 0 Å². The summed E-state index contributed by atoms with van der Waals surface area (Å²) in [6, 6.07) is 4.41. The molecule has 21 heavy (non-hydrogen) atoms. The second kappa shape index (κ2) is 6.94. The van der Waals surface area contributed by atoms with Crippen LogP contribution in [-0.4, -0.2) is 29.8 Å². The summed E-state index contributed by atoms with van der Waals surface area (Å²) >= 11 is 0. The topological polar surface area (TPSA) is 77.2 Å². The van der Waals surface area contributed by atoms with Crippen LogP contribution in [0.15, 0.2) is 22.7 Å². The van der Waals surface area contributed by atoms with Gasteiger partial charge in [-0.3, -0.25) is 0 Å². The highest BCUT2D eigenvalue weighted by Gasteiger charge is 2.12. The molecule has 0 bridgehead atoms. The molecule has 1 heterocycles. The van der Waals surface area contributed by atoms with Gasteiger partial charge in [-0.25, -0.2) is 9.18 Å². The van der Waals surface area contributed by atoms with Gasteiger partial charge in [-0.15, -0.1) is 0 Å². The lowest BCUT2D eigenvalue weighted by molar-refractivity contribution is 0.0595. The van der Waals surface area contributed by atoms with Crippen LogP contribution < -0.4 is 5.32 Å². The van der Waals surface area contributed by atoms with Crippen LogP contribution in [0.2, 0.25) is 0 Å². The molecule has 0 radical (unpaired) electrons. The molecule has 0 saturated heterocycles. The molecule has 2 rings (SSSR count). The Morgan fingerprint density at radius 2 is 2.29 bits per heavy atom. The van der Waals surface area contributed by atoms with Crippen molar-refractivity contribution in [3.63, 3.8) is 0 Å². The number of hydrogen-bond acceptors (Lipinski definition) is 6. The fourth-order valence-corrected chi connectivity index (χ4v) is 1.81. The third-order valence-corrected chi connectivity index (χ3v) is 2.85. The van der Waals surface area contributed by atoms with Gasteiger partial charge in [-0.2, -0.15) is 4.98 Å². The maximum Gasteiger partial charge on any atom is 0.340 e. The predicted octanol–water partition coefficient (Wildman–Crippen LogP) is 1.64. The molecule has 0 saturated carbocycles. The lowest BCUT2D eigenvalue weighted by Crippen LogP contribution is -2.17. The molecule has 0 fully saturated rings. The van der Waals surface area contributed by atoms with E-state index in [1.807, 2.05) is 0 Å². The van der Waals surface area contributed by atoms with Crippen molar-refractivity contribution < 1.29 is 18.4 Å². The average molecular weight is 293 g/mol. The van der Waals surface area contributed by atoms with Crippen LogP contribution in [0.3, 0.4) is 0 Å². The molecular formula is C14H16FN3O3. The standard InChI is InChI=1S/C14H16FN3O3/c1-9-17-13(21-18-9)5-6-16-8-10-3-4-11(12(15)7-10)14(19)20-2/h3-4,7,16H,5-6,8H2,1-2H3. The number of carbonyl (C=O) groups is 1. The zero-order valence-electron chi connectivity index (χ0n) is 11.9. The Bertz CT molecular complexity index is 628. The van der Waals surface area contributed by atoms with E-state index in [0.29, 0.717) is 31.2 Å². The number of carbonyl (C=O) groups excluding carboxylic acids is 1. The number of ether oxygens (including phenoxy) is 1. The number of hydrogen-bond donors (Lipinski definition) is 1. The van der Waals surface area contributed by atoms with Crippen molar-refractivity contribution in [3.05, 3.63) is 46.9 Å². The zero-order valence-corrected chi connectivity index (χ0v) is 11.9. The van der Waals surface area contributed by atoms with Gasteiger partial charge in [-0.1, -0.05) is 11.2 Å². The van der Waals surface area contributed by atoms with Gasteiger partial charge in [-0.05, 0) is 24.6 Å². The van der Waals surface area contributed by atoms with E-state index in [4.69, 9.17) is 4.52 Å². The van der Waals surface area contributed by atoms with Crippen LogP contribution in [0.4, 0.5) is 4.39 Å². The van der Waals surface area contributed by atoms with Crippen LogP contribution >= 0.6 is 0 Å². The highest BCUT2D eigenvalue weighted by molar-refractivity contribution is 5.89. The molecule has 7 heteroatoms. The largest absolute Gasteiger partial charge is 0.465 e. The summed E-state index contributed by atoms with van der Waals surface area (Å²) in [5, 5.41) is 6.83. The lowest BCUT2D eigenvalue weighted by Gasteiger charge is -2.06. The molecule has 6 nitrogen and oxygen atoms in total. The highest BCUT2D eigenvalue weighted by Crippen LogP contribution is 2.11. The van der Waals surface area contributed by atoms with E-state index in [0.717, 1.165) is 5.56 Å². The highest BCUT2D eigenvalue weighted by atomic mass is 19.1. The van der Waals surface area contributed by atoms with Crippen molar-refractivity contribution in [3.8, 4) is 0 Å². The Morgan fingerprint density at radius 3 is 2.90 bits per heavy atom. The summed E-state index contributed by atoms with van der Waals surface area (Å²) < 4.78 is 23.2. The number of halogens is 1. The summed E-state index contributed by atoms with van der Waals surface area (Å²) in [5.74, 6) is -0.106. The first-order valence-electron chi connectivity index (χ1n) is 6.47. The molecule has 0 aliphatic rings. The number of nitrogens with zero attached hydrogens (tertiary/aromatic N) is 2. The number of aromatic nitrogens is 2. The number of nitrogens with one attached hydrogen (secondary N) is 1. The molecule has 0 atom stereocenters. The van der Waals surface area contributed by atoms with E-state index in [1.54, 1.807) is 13.0 Å². The Kier molecular flexibility index (Phi) is 4.99. The number of methoxy groups -OCH3 is 1. The second-order valence-corrected chi connectivity index (χ2v) is 4.47. The quantitative estimate of drug-likeness (QED) is 0.644. The normalized spacial score (nSPS) is 10.6. The van der Waals surface area contributed by atoms with Gasteiger partial charge >= 0.3 is 5.97 Å². The van der Waals surface area contributed by atoms with E-state index in [9.17, 15) is 9.18 Å². The SMILES string of the molecule is COC(=O)c1ccc(CNCCc2nc(C)no2)cc1F. The third kappa shape index (κ3) is 4.09. The summed E-state index contributed by atoms with van der Waals surface area (Å²) in [7, 11) is 1.22. The van der Waals surface area contributed by atoms with Crippen LogP contribution in [0.1, 0.15) is 27.6 Å². The monoisotopic (exact) mass is 293 g/mol. The van der Waals surface area contributed by atoms with Gasteiger partial charge in [0, 0.05) is 19.5 Å². The van der Waals surface area contributed by atoms with E-state index in [1.165, 1.54) is 19.2 Å². The first-order chi connectivity index (χ1) is 10.1. The van der Waals surface area contributed by atoms with Crippen LogP contribution in [-0.2, 0) is 17.7 Å². The fourth-order valence-electron chi connectivity index (χ4n) is 1.81. The van der Waals surface area contributed by atoms with Crippen molar-refractivity contribution in [1.82, 2.24) is 15.5 Å². The molecule has 1 aromatic carbocycles. The smallest absolute Gasteiger partial charge is 0.340 e. The molecule has 1 N–H and O–H groups in total. The van der Waals surface area contributed by atoms with Gasteiger partial charge in [0.15, 0.2) is 5.82 Å². The number of aryl methyl sites for hydroxylation is 1. The summed E-state index contributed by atoms with van der Waals surface area (Å²) in [6.45, 7) is 2.86. The molecule has 112 valence electrons. The maximum absolute atomic E-state index is 13.7. The van der Waals surface area contributed by atoms with Crippen molar-refractivity contribution in [2.45, 2.75) is 19.9 Å². The molecule has 0 unspecified atom stereocenters. The summed E-state index contributed by atoms with van der Waals surface area (Å²) in [4.78, 5) is 15.3. The zero-order chi connectivity index (χ0) is 15.2. The number of benzene rings is 1. The van der Waals surface area contributed by atoms with E-state index >= 15 is 0 Å². The summed E-state index contributed by atoms with van der Waals surface area (Å²) in [6.07, 6.45) is 0.601. The minimum Gasteiger partial charge on any atom is -0.465 e. The number of rotatable bonds is 6. The predicted molar refractivity (Wildman–Crippen MR) is 72.2 cm³/mol. The lowest BCUT2D eigenvalue weighted by atomic mass is 10.1. The third-order valence-electron chi connectivity index (χ3n) is 2.85. The first kappa shape index (κ1) is 15.1. The maximum atomic E-state index is 13.7. The summed E-state index contributed by atoms with van der Waals surface area (Å²) in [5.41, 5.74) is 0.671. The molecule has 2 aromatic rings. The van der Waals surface area contributed by atoms with Crippen LogP contribution in [0.25, 0.3) is 0 Å². The Balaban J connectivity index is 1.83. The van der Waals surface area contributed by atoms with Crippen LogP contribution in [0.5, 0.6) is 0 Å². The van der Waals surface area contributed by atoms with Crippen molar-refractivity contribution in [1.29, 1.82) is 0 Å². The molecule has 0 aliphatic carbocycles. The van der Waals surface area contributed by atoms with E-state index in [2.05, 4.69) is 20.2 Å². The van der Waals surface area contributed by atoms with E-state index in [-0.39, 0.29) is 5.56 Å². The van der Waals surface area contributed by atoms with Crippen molar-refractivity contribution in [2.24, 2.45) is 0 Å². The Labute approximate surface area is 121 Å². The minimum absolute atomic E-state index is 0.0671. The number of esters is 1.